The molecule has 2 heterocycles. The standard InChI is InChI=1S/C19H19N5O/c25-19(17-12-21-23-22-17)24(13-14-8-10-20-11-9-14)18-7-3-5-15-4-1-2-6-16(15)18/h1-2,4,6,8-12,18H,3,5,7,13H2,(H,21,22,23)/t18-/m1/s1. The highest BCUT2D eigenvalue weighted by molar-refractivity contribution is 5.92. The van der Waals surface area contributed by atoms with Gasteiger partial charge >= 0.3 is 0 Å². The fourth-order valence-electron chi connectivity index (χ4n) is 3.51. The van der Waals surface area contributed by atoms with E-state index in [-0.39, 0.29) is 11.9 Å². The minimum atomic E-state index is -0.104. The molecule has 3 aromatic rings. The number of rotatable bonds is 4. The topological polar surface area (TPSA) is 74.8 Å². The molecule has 0 saturated heterocycles. The van der Waals surface area contributed by atoms with Gasteiger partial charge in [0.05, 0.1) is 12.2 Å². The average Bonchev–Trinajstić information content (AvgIpc) is 3.21. The number of hydrogen-bond acceptors (Lipinski definition) is 4. The quantitative estimate of drug-likeness (QED) is 0.796. The van der Waals surface area contributed by atoms with Crippen molar-refractivity contribution in [2.75, 3.05) is 0 Å². The van der Waals surface area contributed by atoms with E-state index in [1.807, 2.05) is 23.1 Å². The van der Waals surface area contributed by atoms with Gasteiger partial charge in [-0.3, -0.25) is 9.78 Å². The number of fused-ring (bicyclic) bond motifs is 1. The normalized spacial score (nSPS) is 16.2. The van der Waals surface area contributed by atoms with Crippen LogP contribution >= 0.6 is 0 Å². The van der Waals surface area contributed by atoms with Crippen LogP contribution in [0.1, 0.15) is 46.1 Å². The molecule has 0 bridgehead atoms. The van der Waals surface area contributed by atoms with E-state index in [9.17, 15) is 4.79 Å². The van der Waals surface area contributed by atoms with Crippen LogP contribution in [-0.2, 0) is 13.0 Å². The number of hydrogen-bond donors (Lipinski definition) is 1. The maximum Gasteiger partial charge on any atom is 0.276 e. The summed E-state index contributed by atoms with van der Waals surface area (Å²) < 4.78 is 0. The number of aromatic amines is 1. The second kappa shape index (κ2) is 6.84. The molecule has 4 rings (SSSR count). The van der Waals surface area contributed by atoms with Gasteiger partial charge in [-0.2, -0.15) is 15.4 Å². The summed E-state index contributed by atoms with van der Waals surface area (Å²) in [7, 11) is 0. The number of aryl methyl sites for hydroxylation is 1. The number of H-pyrrole nitrogens is 1. The van der Waals surface area contributed by atoms with E-state index in [2.05, 4.69) is 38.6 Å². The lowest BCUT2D eigenvalue weighted by Gasteiger charge is -2.35. The van der Waals surface area contributed by atoms with E-state index < -0.39 is 0 Å². The van der Waals surface area contributed by atoms with Crippen LogP contribution in [0.5, 0.6) is 0 Å². The summed E-state index contributed by atoms with van der Waals surface area (Å²) in [6.45, 7) is 0.521. The number of benzene rings is 1. The molecule has 0 aliphatic heterocycles. The van der Waals surface area contributed by atoms with E-state index in [0.29, 0.717) is 12.2 Å². The van der Waals surface area contributed by atoms with Crippen molar-refractivity contribution in [3.8, 4) is 0 Å². The zero-order valence-electron chi connectivity index (χ0n) is 13.8. The minimum absolute atomic E-state index is 0.0438. The molecular weight excluding hydrogens is 314 g/mol. The number of carbonyl (C=O) groups excluding carboxylic acids is 1. The van der Waals surface area contributed by atoms with Crippen LogP contribution in [0.2, 0.25) is 0 Å². The predicted molar refractivity (Wildman–Crippen MR) is 92.6 cm³/mol. The summed E-state index contributed by atoms with van der Waals surface area (Å²) in [5, 5.41) is 10.3. The molecule has 1 N–H and O–H groups in total. The number of amides is 1. The first-order valence-electron chi connectivity index (χ1n) is 8.46. The Labute approximate surface area is 145 Å². The summed E-state index contributed by atoms with van der Waals surface area (Å²) in [6, 6.07) is 12.3. The third-order valence-corrected chi connectivity index (χ3v) is 4.71. The summed E-state index contributed by atoms with van der Waals surface area (Å²) in [5.74, 6) is -0.104. The summed E-state index contributed by atoms with van der Waals surface area (Å²) in [4.78, 5) is 19.1. The Morgan fingerprint density at radius 2 is 2.04 bits per heavy atom. The zero-order chi connectivity index (χ0) is 17.1. The first-order valence-corrected chi connectivity index (χ1v) is 8.46. The van der Waals surface area contributed by atoms with E-state index >= 15 is 0 Å². The van der Waals surface area contributed by atoms with Crippen LogP contribution in [0.4, 0.5) is 0 Å². The molecular formula is C19H19N5O. The van der Waals surface area contributed by atoms with Gasteiger partial charge in [-0.1, -0.05) is 24.3 Å². The summed E-state index contributed by atoms with van der Waals surface area (Å²) in [6.07, 6.45) is 8.07. The fourth-order valence-corrected chi connectivity index (χ4v) is 3.51. The first kappa shape index (κ1) is 15.5. The monoisotopic (exact) mass is 333 g/mol. The highest BCUT2D eigenvalue weighted by Gasteiger charge is 2.30. The second-order valence-electron chi connectivity index (χ2n) is 6.25. The van der Waals surface area contributed by atoms with Crippen molar-refractivity contribution >= 4 is 5.91 Å². The maximum atomic E-state index is 13.1. The Morgan fingerprint density at radius 1 is 1.20 bits per heavy atom. The van der Waals surface area contributed by atoms with E-state index in [1.54, 1.807) is 12.4 Å². The van der Waals surface area contributed by atoms with Gasteiger partial charge in [-0.25, -0.2) is 0 Å². The second-order valence-corrected chi connectivity index (χ2v) is 6.25. The summed E-state index contributed by atoms with van der Waals surface area (Å²) >= 11 is 0. The van der Waals surface area contributed by atoms with Gasteiger partial charge in [0, 0.05) is 18.9 Å². The Morgan fingerprint density at radius 3 is 2.84 bits per heavy atom. The van der Waals surface area contributed by atoms with Crippen LogP contribution < -0.4 is 0 Å². The van der Waals surface area contributed by atoms with Crippen molar-refractivity contribution in [1.82, 2.24) is 25.3 Å². The average molecular weight is 333 g/mol. The molecule has 1 aromatic carbocycles. The van der Waals surface area contributed by atoms with Crippen molar-refractivity contribution in [1.29, 1.82) is 0 Å². The minimum Gasteiger partial charge on any atom is -0.326 e. The Hall–Kier alpha value is -3.02. The van der Waals surface area contributed by atoms with Crippen molar-refractivity contribution in [2.24, 2.45) is 0 Å². The SMILES string of the molecule is O=C(c1cn[nH]n1)N(Cc1ccncc1)[C@@H]1CCCc2ccccc21. The largest absolute Gasteiger partial charge is 0.326 e. The van der Waals surface area contributed by atoms with Gasteiger partial charge < -0.3 is 4.90 Å². The van der Waals surface area contributed by atoms with Crippen LogP contribution in [0.25, 0.3) is 0 Å². The van der Waals surface area contributed by atoms with Gasteiger partial charge in [0.2, 0.25) is 0 Å². The molecule has 126 valence electrons. The molecule has 0 radical (unpaired) electrons. The van der Waals surface area contributed by atoms with Gasteiger partial charge in [-0.05, 0) is 48.1 Å². The summed E-state index contributed by atoms with van der Waals surface area (Å²) in [5.41, 5.74) is 3.96. The zero-order valence-corrected chi connectivity index (χ0v) is 13.8. The molecule has 1 aliphatic rings. The highest BCUT2D eigenvalue weighted by atomic mass is 16.2. The number of nitrogens with zero attached hydrogens (tertiary/aromatic N) is 4. The smallest absolute Gasteiger partial charge is 0.276 e. The van der Waals surface area contributed by atoms with Crippen molar-refractivity contribution < 1.29 is 4.79 Å². The first-order chi connectivity index (χ1) is 12.3. The van der Waals surface area contributed by atoms with Crippen LogP contribution in [0.15, 0.2) is 55.0 Å². The van der Waals surface area contributed by atoms with Gasteiger partial charge in [0.25, 0.3) is 5.91 Å². The molecule has 0 fully saturated rings. The number of aromatic nitrogens is 4. The molecule has 1 aliphatic carbocycles. The van der Waals surface area contributed by atoms with E-state index in [4.69, 9.17) is 0 Å². The molecule has 1 atom stereocenters. The molecule has 1 amide bonds. The molecule has 2 aromatic heterocycles. The molecule has 6 heteroatoms. The lowest BCUT2D eigenvalue weighted by molar-refractivity contribution is 0.0632. The van der Waals surface area contributed by atoms with Gasteiger partial charge in [0.1, 0.15) is 0 Å². The Bertz CT molecular complexity index is 847. The van der Waals surface area contributed by atoms with E-state index in [0.717, 1.165) is 24.8 Å². The number of pyridine rings is 1. The molecule has 0 unspecified atom stereocenters. The van der Waals surface area contributed by atoms with Gasteiger partial charge in [-0.15, -0.1) is 0 Å². The van der Waals surface area contributed by atoms with Crippen molar-refractivity contribution in [3.63, 3.8) is 0 Å². The Balaban J connectivity index is 1.72. The maximum absolute atomic E-state index is 13.1. The fraction of sp³-hybridized carbons (Fsp3) is 0.263. The van der Waals surface area contributed by atoms with E-state index in [1.165, 1.54) is 17.3 Å². The molecule has 25 heavy (non-hydrogen) atoms. The third-order valence-electron chi connectivity index (χ3n) is 4.71. The van der Waals surface area contributed by atoms with Crippen molar-refractivity contribution in [2.45, 2.75) is 31.8 Å². The highest BCUT2D eigenvalue weighted by Crippen LogP contribution is 2.35. The number of carbonyl (C=O) groups is 1. The molecule has 6 nitrogen and oxygen atoms in total. The number of nitrogens with one attached hydrogen (secondary N) is 1. The van der Waals surface area contributed by atoms with Gasteiger partial charge in [0.15, 0.2) is 5.69 Å². The van der Waals surface area contributed by atoms with Crippen LogP contribution in [0, 0.1) is 0 Å². The third kappa shape index (κ3) is 3.15. The lowest BCUT2D eigenvalue weighted by atomic mass is 9.86. The lowest BCUT2D eigenvalue weighted by Crippen LogP contribution is -2.36. The molecule has 0 saturated carbocycles. The predicted octanol–water partition coefficient (Wildman–Crippen LogP) is 2.92. The van der Waals surface area contributed by atoms with Crippen LogP contribution in [0.3, 0.4) is 0 Å². The Kier molecular flexibility index (Phi) is 4.24. The van der Waals surface area contributed by atoms with Crippen LogP contribution in [-0.4, -0.2) is 31.2 Å². The molecule has 0 spiro atoms. The van der Waals surface area contributed by atoms with Crippen molar-refractivity contribution in [3.05, 3.63) is 77.4 Å².